The zero-order valence-corrected chi connectivity index (χ0v) is 18.4. The molecule has 0 unspecified atom stereocenters. The molecule has 2 N–H and O–H groups in total. The van der Waals surface area contributed by atoms with Gasteiger partial charge in [-0.05, 0) is 35.9 Å². The van der Waals surface area contributed by atoms with Crippen LogP contribution >= 0.6 is 11.8 Å². The molecule has 168 valence electrons. The molecular weight excluding hydrogens is 454 g/mol. The van der Waals surface area contributed by atoms with Crippen LogP contribution in [0, 0.1) is 0 Å². The Balaban J connectivity index is 1.75. The van der Waals surface area contributed by atoms with Crippen LogP contribution in [-0.4, -0.2) is 20.7 Å². The summed E-state index contributed by atoms with van der Waals surface area (Å²) in [4.78, 5) is 37.9. The second kappa shape index (κ2) is 8.57. The highest BCUT2D eigenvalue weighted by Gasteiger charge is 2.22. The molecule has 8 heteroatoms. The molecule has 0 saturated heterocycles. The first-order valence-corrected chi connectivity index (χ1v) is 11.1. The van der Waals surface area contributed by atoms with Gasteiger partial charge < -0.3 is 19.2 Å². The summed E-state index contributed by atoms with van der Waals surface area (Å²) >= 11 is 0.843. The molecule has 3 aromatic carbocycles. The Kier molecular flexibility index (Phi) is 5.43. The predicted octanol–water partition coefficient (Wildman–Crippen LogP) is 4.71. The van der Waals surface area contributed by atoms with Gasteiger partial charge in [0.25, 0.3) is 5.56 Å². The third-order valence-corrected chi connectivity index (χ3v) is 6.50. The molecule has 0 aliphatic rings. The van der Waals surface area contributed by atoms with Gasteiger partial charge in [-0.2, -0.15) is 0 Å². The lowest BCUT2D eigenvalue weighted by molar-refractivity contribution is 0.0696. The van der Waals surface area contributed by atoms with E-state index in [1.807, 2.05) is 30.3 Å². The summed E-state index contributed by atoms with van der Waals surface area (Å²) in [5, 5.41) is 20.7. The number of rotatable bonds is 5. The van der Waals surface area contributed by atoms with Crippen molar-refractivity contribution in [1.82, 2.24) is 4.57 Å². The number of fused-ring (bicyclic) bond motifs is 3. The fourth-order valence-electron chi connectivity index (χ4n) is 3.86. The monoisotopic (exact) mass is 471 g/mol. The molecule has 34 heavy (non-hydrogen) atoms. The number of carboxylic acid groups (broad SMARTS) is 1. The summed E-state index contributed by atoms with van der Waals surface area (Å²) in [5.74, 6) is -1.61. The largest absolute Gasteiger partial charge is 0.505 e. The van der Waals surface area contributed by atoms with Crippen LogP contribution < -0.4 is 11.2 Å². The highest BCUT2D eigenvalue weighted by molar-refractivity contribution is 7.99. The molecule has 0 bridgehead atoms. The van der Waals surface area contributed by atoms with E-state index >= 15 is 0 Å². The van der Waals surface area contributed by atoms with Crippen LogP contribution in [0.3, 0.4) is 0 Å². The minimum absolute atomic E-state index is 0.0102. The number of pyridine rings is 1. The molecule has 5 aromatic rings. The van der Waals surface area contributed by atoms with Crippen molar-refractivity contribution in [2.45, 2.75) is 16.3 Å². The average molecular weight is 471 g/mol. The summed E-state index contributed by atoms with van der Waals surface area (Å²) in [6.07, 6.45) is 0. The summed E-state index contributed by atoms with van der Waals surface area (Å²) < 4.78 is 7.09. The molecule has 0 saturated carbocycles. The summed E-state index contributed by atoms with van der Waals surface area (Å²) in [7, 11) is 0. The van der Waals surface area contributed by atoms with Crippen LogP contribution in [0.15, 0.2) is 103 Å². The van der Waals surface area contributed by atoms with Gasteiger partial charge in [0.15, 0.2) is 11.3 Å². The van der Waals surface area contributed by atoms with E-state index < -0.39 is 22.9 Å². The predicted molar refractivity (Wildman–Crippen MR) is 129 cm³/mol. The lowest BCUT2D eigenvalue weighted by atomic mass is 10.1. The maximum absolute atomic E-state index is 13.6. The maximum atomic E-state index is 13.6. The van der Waals surface area contributed by atoms with E-state index in [4.69, 9.17) is 4.42 Å². The molecule has 0 atom stereocenters. The molecule has 2 heterocycles. The van der Waals surface area contributed by atoms with Gasteiger partial charge in [0.05, 0.1) is 17.6 Å². The average Bonchev–Trinajstić information content (AvgIpc) is 2.85. The second-order valence-corrected chi connectivity index (χ2v) is 8.68. The number of hydrogen-bond donors (Lipinski definition) is 2. The summed E-state index contributed by atoms with van der Waals surface area (Å²) in [5.41, 5.74) is 0.190. The zero-order chi connectivity index (χ0) is 23.8. The standard InChI is InChI=1S/C26H17NO6S/c28-21-20-22(33-26(32)23(21)34-17-10-6-9-16(13-17)25(30)31)18-11-4-5-12-19(18)27(24(20)29)14-15-7-2-1-3-8-15/h1-13,28H,14H2,(H,30,31). The molecular formula is C26H17NO6S. The fraction of sp³-hybridized carbons (Fsp3) is 0.0385. The van der Waals surface area contributed by atoms with Gasteiger partial charge in [0.1, 0.15) is 10.3 Å². The topological polar surface area (TPSA) is 110 Å². The molecule has 0 aliphatic heterocycles. The van der Waals surface area contributed by atoms with E-state index in [0.717, 1.165) is 17.3 Å². The number of benzene rings is 3. The van der Waals surface area contributed by atoms with E-state index in [1.165, 1.54) is 22.8 Å². The Labute approximate surface area is 196 Å². The first-order valence-electron chi connectivity index (χ1n) is 10.3. The van der Waals surface area contributed by atoms with Crippen molar-refractivity contribution in [3.8, 4) is 5.75 Å². The third-order valence-electron chi connectivity index (χ3n) is 5.44. The smallest absolute Gasteiger partial charge is 0.354 e. The second-order valence-electron chi connectivity index (χ2n) is 7.60. The summed E-state index contributed by atoms with van der Waals surface area (Å²) in [6, 6.07) is 22.4. The molecule has 0 aliphatic carbocycles. The SMILES string of the molecule is O=C(O)c1cccc(Sc2c(O)c3c(=O)n(Cc4ccccc4)c4ccccc4c3oc2=O)c1. The number of aromatic hydroxyl groups is 1. The summed E-state index contributed by atoms with van der Waals surface area (Å²) in [6.45, 7) is 0.262. The lowest BCUT2D eigenvalue weighted by Gasteiger charge is -2.14. The molecule has 0 radical (unpaired) electrons. The number of carboxylic acids is 1. The fourth-order valence-corrected chi connectivity index (χ4v) is 4.76. The van der Waals surface area contributed by atoms with Crippen LogP contribution in [0.4, 0.5) is 0 Å². The van der Waals surface area contributed by atoms with Crippen molar-refractivity contribution in [1.29, 1.82) is 0 Å². The van der Waals surface area contributed by atoms with Crippen LogP contribution in [-0.2, 0) is 6.54 Å². The molecule has 7 nitrogen and oxygen atoms in total. The van der Waals surface area contributed by atoms with Crippen LogP contribution in [0.1, 0.15) is 15.9 Å². The van der Waals surface area contributed by atoms with Gasteiger partial charge in [0.2, 0.25) is 0 Å². The Morgan fingerprint density at radius 3 is 2.44 bits per heavy atom. The normalized spacial score (nSPS) is 11.2. The number of nitrogens with zero attached hydrogens (tertiary/aromatic N) is 1. The minimum Gasteiger partial charge on any atom is -0.505 e. The number of para-hydroxylation sites is 1. The Hall–Kier alpha value is -4.30. The number of aromatic nitrogens is 1. The highest BCUT2D eigenvalue weighted by Crippen LogP contribution is 2.37. The van der Waals surface area contributed by atoms with E-state index in [2.05, 4.69) is 0 Å². The van der Waals surface area contributed by atoms with Crippen molar-refractivity contribution in [3.63, 3.8) is 0 Å². The van der Waals surface area contributed by atoms with E-state index in [1.54, 1.807) is 30.3 Å². The van der Waals surface area contributed by atoms with E-state index in [0.29, 0.717) is 15.8 Å². The number of hydrogen-bond acceptors (Lipinski definition) is 6. The molecule has 0 fully saturated rings. The number of carbonyl (C=O) groups is 1. The Morgan fingerprint density at radius 2 is 1.68 bits per heavy atom. The van der Waals surface area contributed by atoms with Crippen molar-refractivity contribution in [3.05, 3.63) is 111 Å². The Bertz CT molecular complexity index is 1690. The van der Waals surface area contributed by atoms with Crippen LogP contribution in [0.5, 0.6) is 5.75 Å². The zero-order valence-electron chi connectivity index (χ0n) is 17.6. The molecule has 0 amide bonds. The van der Waals surface area contributed by atoms with Gasteiger partial charge in [-0.1, -0.05) is 60.3 Å². The Morgan fingerprint density at radius 1 is 0.941 bits per heavy atom. The first kappa shape index (κ1) is 21.5. The van der Waals surface area contributed by atoms with Gasteiger partial charge in [-0.25, -0.2) is 9.59 Å². The van der Waals surface area contributed by atoms with Gasteiger partial charge in [0, 0.05) is 10.3 Å². The van der Waals surface area contributed by atoms with Crippen molar-refractivity contribution in [2.75, 3.05) is 0 Å². The molecule has 0 spiro atoms. The van der Waals surface area contributed by atoms with E-state index in [9.17, 15) is 24.6 Å². The quantitative estimate of drug-likeness (QED) is 0.357. The maximum Gasteiger partial charge on any atom is 0.354 e. The molecule has 2 aromatic heterocycles. The van der Waals surface area contributed by atoms with Crippen LogP contribution in [0.2, 0.25) is 0 Å². The van der Waals surface area contributed by atoms with E-state index in [-0.39, 0.29) is 28.0 Å². The molecule has 5 rings (SSSR count). The third kappa shape index (κ3) is 3.74. The van der Waals surface area contributed by atoms with Gasteiger partial charge >= 0.3 is 11.6 Å². The number of aromatic carboxylic acids is 1. The van der Waals surface area contributed by atoms with Crippen molar-refractivity contribution < 1.29 is 19.4 Å². The van der Waals surface area contributed by atoms with Crippen molar-refractivity contribution in [2.24, 2.45) is 0 Å². The van der Waals surface area contributed by atoms with Gasteiger partial charge in [-0.3, -0.25) is 4.79 Å². The first-order chi connectivity index (χ1) is 16.4. The minimum atomic E-state index is -1.12. The lowest BCUT2D eigenvalue weighted by Crippen LogP contribution is -2.22. The van der Waals surface area contributed by atoms with Gasteiger partial charge in [-0.15, -0.1) is 0 Å². The van der Waals surface area contributed by atoms with Crippen molar-refractivity contribution >= 4 is 39.6 Å². The van der Waals surface area contributed by atoms with Crippen LogP contribution in [0.25, 0.3) is 21.9 Å². The highest BCUT2D eigenvalue weighted by atomic mass is 32.2.